The van der Waals surface area contributed by atoms with Crippen molar-refractivity contribution in [1.29, 1.82) is 0 Å². The smallest absolute Gasteiger partial charge is 0.360 e. The van der Waals surface area contributed by atoms with Gasteiger partial charge in [-0.2, -0.15) is 0 Å². The molecule has 1 aromatic heterocycles. The predicted octanol–water partition coefficient (Wildman–Crippen LogP) is 2.41. The van der Waals surface area contributed by atoms with Gasteiger partial charge in [0, 0.05) is 15.7 Å². The number of methoxy groups -OCH3 is 1. The highest BCUT2D eigenvalue weighted by molar-refractivity contribution is 14.1. The summed E-state index contributed by atoms with van der Waals surface area (Å²) in [5, 5.41) is 0. The second-order valence-electron chi connectivity index (χ2n) is 3.92. The number of nitrogen functional groups attached to an aromatic ring is 1. The number of hydrogen-bond acceptors (Lipinski definition) is 4. The van der Waals surface area contributed by atoms with Gasteiger partial charge in [0.15, 0.2) is 5.69 Å². The van der Waals surface area contributed by atoms with Crippen molar-refractivity contribution in [3.8, 4) is 5.69 Å². The van der Waals surface area contributed by atoms with Gasteiger partial charge in [-0.05, 0) is 40.8 Å². The van der Waals surface area contributed by atoms with E-state index in [1.807, 2.05) is 31.2 Å². The SMILES string of the molecule is CCc1nc(C(=O)OC)c(N)n1-c1cccc(I)c1. The third-order valence-electron chi connectivity index (χ3n) is 2.74. The van der Waals surface area contributed by atoms with Crippen molar-refractivity contribution in [1.82, 2.24) is 9.55 Å². The molecule has 0 saturated heterocycles. The van der Waals surface area contributed by atoms with E-state index in [1.54, 1.807) is 4.57 Å². The van der Waals surface area contributed by atoms with E-state index >= 15 is 0 Å². The van der Waals surface area contributed by atoms with Gasteiger partial charge < -0.3 is 10.5 Å². The molecule has 0 fully saturated rings. The number of esters is 1. The van der Waals surface area contributed by atoms with Crippen LogP contribution in [0.25, 0.3) is 5.69 Å². The van der Waals surface area contributed by atoms with Crippen LogP contribution in [0.15, 0.2) is 24.3 Å². The first-order valence-corrected chi connectivity index (χ1v) is 6.87. The van der Waals surface area contributed by atoms with Crippen LogP contribution >= 0.6 is 22.6 Å². The molecule has 0 unspecified atom stereocenters. The molecule has 0 aliphatic rings. The Hall–Kier alpha value is -1.57. The lowest BCUT2D eigenvalue weighted by Crippen LogP contribution is -2.08. The van der Waals surface area contributed by atoms with E-state index in [0.29, 0.717) is 12.2 Å². The van der Waals surface area contributed by atoms with Gasteiger partial charge in [-0.3, -0.25) is 4.57 Å². The Kier molecular flexibility index (Phi) is 4.08. The summed E-state index contributed by atoms with van der Waals surface area (Å²) in [6.45, 7) is 1.97. The van der Waals surface area contributed by atoms with Gasteiger partial charge in [0.05, 0.1) is 7.11 Å². The van der Waals surface area contributed by atoms with E-state index < -0.39 is 5.97 Å². The average molecular weight is 371 g/mol. The second kappa shape index (κ2) is 5.60. The molecule has 6 heteroatoms. The number of rotatable bonds is 3. The van der Waals surface area contributed by atoms with Crippen LogP contribution in [0.2, 0.25) is 0 Å². The zero-order chi connectivity index (χ0) is 14.0. The summed E-state index contributed by atoms with van der Waals surface area (Å²) in [6, 6.07) is 7.84. The van der Waals surface area contributed by atoms with Crippen molar-refractivity contribution in [3.05, 3.63) is 39.4 Å². The highest BCUT2D eigenvalue weighted by atomic mass is 127. The molecule has 1 aromatic carbocycles. The number of halogens is 1. The number of imidazole rings is 1. The number of aromatic nitrogens is 2. The van der Waals surface area contributed by atoms with E-state index in [9.17, 15) is 4.79 Å². The molecule has 0 spiro atoms. The van der Waals surface area contributed by atoms with E-state index in [0.717, 1.165) is 15.1 Å². The van der Waals surface area contributed by atoms with Crippen molar-refractivity contribution >= 4 is 34.4 Å². The first-order valence-electron chi connectivity index (χ1n) is 5.79. The zero-order valence-electron chi connectivity index (χ0n) is 10.7. The van der Waals surface area contributed by atoms with Crippen LogP contribution in [0, 0.1) is 3.57 Å². The van der Waals surface area contributed by atoms with Crippen LogP contribution in [0.1, 0.15) is 23.2 Å². The normalized spacial score (nSPS) is 10.5. The largest absolute Gasteiger partial charge is 0.464 e. The third-order valence-corrected chi connectivity index (χ3v) is 3.41. The fourth-order valence-electron chi connectivity index (χ4n) is 1.87. The molecule has 0 amide bonds. The van der Waals surface area contributed by atoms with Gasteiger partial charge >= 0.3 is 5.97 Å². The Morgan fingerprint density at radius 3 is 2.84 bits per heavy atom. The Bertz CT molecular complexity index is 622. The number of benzene rings is 1. The number of nitrogens with two attached hydrogens (primary N) is 1. The van der Waals surface area contributed by atoms with E-state index in [-0.39, 0.29) is 5.69 Å². The fraction of sp³-hybridized carbons (Fsp3) is 0.231. The molecule has 0 saturated carbocycles. The van der Waals surface area contributed by atoms with E-state index in [4.69, 9.17) is 10.5 Å². The summed E-state index contributed by atoms with van der Waals surface area (Å²) in [6.07, 6.45) is 0.673. The van der Waals surface area contributed by atoms with Gasteiger partial charge in [-0.1, -0.05) is 13.0 Å². The van der Waals surface area contributed by atoms with Crippen LogP contribution in [-0.2, 0) is 11.2 Å². The summed E-state index contributed by atoms with van der Waals surface area (Å²) in [7, 11) is 1.32. The monoisotopic (exact) mass is 371 g/mol. The molecule has 0 radical (unpaired) electrons. The lowest BCUT2D eigenvalue weighted by atomic mass is 10.3. The van der Waals surface area contributed by atoms with Crippen LogP contribution < -0.4 is 5.73 Å². The Labute approximate surface area is 124 Å². The van der Waals surface area contributed by atoms with Crippen LogP contribution in [0.5, 0.6) is 0 Å². The topological polar surface area (TPSA) is 70.1 Å². The second-order valence-corrected chi connectivity index (χ2v) is 5.17. The van der Waals surface area contributed by atoms with Gasteiger partial charge in [0.1, 0.15) is 11.6 Å². The molecule has 0 bridgehead atoms. The molecule has 1 heterocycles. The molecule has 0 aliphatic carbocycles. The number of anilines is 1. The number of nitrogens with zero attached hydrogens (tertiary/aromatic N) is 2. The average Bonchev–Trinajstić information content (AvgIpc) is 2.74. The highest BCUT2D eigenvalue weighted by Gasteiger charge is 2.21. The predicted molar refractivity (Wildman–Crippen MR) is 81.4 cm³/mol. The number of carbonyl (C=O) groups is 1. The molecular formula is C13H14IN3O2. The summed E-state index contributed by atoms with van der Waals surface area (Å²) < 4.78 is 7.57. The van der Waals surface area contributed by atoms with Crippen molar-refractivity contribution < 1.29 is 9.53 Å². The Morgan fingerprint density at radius 1 is 1.53 bits per heavy atom. The lowest BCUT2D eigenvalue weighted by molar-refractivity contribution is 0.0596. The summed E-state index contributed by atoms with van der Waals surface area (Å²) in [4.78, 5) is 15.9. The summed E-state index contributed by atoms with van der Waals surface area (Å²) >= 11 is 2.23. The first kappa shape index (κ1) is 13.9. The third kappa shape index (κ3) is 2.58. The molecule has 19 heavy (non-hydrogen) atoms. The van der Waals surface area contributed by atoms with Gasteiger partial charge in [0.25, 0.3) is 0 Å². The van der Waals surface area contributed by atoms with E-state index in [1.165, 1.54) is 7.11 Å². The molecule has 0 atom stereocenters. The zero-order valence-corrected chi connectivity index (χ0v) is 12.8. The molecule has 2 N–H and O–H groups in total. The van der Waals surface area contributed by atoms with Gasteiger partial charge in [-0.15, -0.1) is 0 Å². The first-order chi connectivity index (χ1) is 9.08. The van der Waals surface area contributed by atoms with Gasteiger partial charge in [-0.25, -0.2) is 9.78 Å². The minimum absolute atomic E-state index is 0.165. The summed E-state index contributed by atoms with van der Waals surface area (Å²) in [5.74, 6) is 0.530. The van der Waals surface area contributed by atoms with Crippen molar-refractivity contribution in [2.24, 2.45) is 0 Å². The van der Waals surface area contributed by atoms with Crippen LogP contribution in [-0.4, -0.2) is 22.6 Å². The maximum atomic E-state index is 11.6. The molecule has 100 valence electrons. The minimum Gasteiger partial charge on any atom is -0.464 e. The fourth-order valence-corrected chi connectivity index (χ4v) is 2.40. The maximum Gasteiger partial charge on any atom is 0.360 e. The number of hydrogen-bond donors (Lipinski definition) is 1. The number of aryl methyl sites for hydroxylation is 1. The van der Waals surface area contributed by atoms with E-state index in [2.05, 4.69) is 27.6 Å². The number of ether oxygens (including phenoxy) is 1. The van der Waals surface area contributed by atoms with Crippen molar-refractivity contribution in [2.75, 3.05) is 12.8 Å². The van der Waals surface area contributed by atoms with Crippen molar-refractivity contribution in [2.45, 2.75) is 13.3 Å². The Morgan fingerprint density at radius 2 is 2.26 bits per heavy atom. The molecule has 2 rings (SSSR count). The molecular weight excluding hydrogens is 357 g/mol. The summed E-state index contributed by atoms with van der Waals surface area (Å²) in [5.41, 5.74) is 7.09. The van der Waals surface area contributed by atoms with Crippen LogP contribution in [0.3, 0.4) is 0 Å². The van der Waals surface area contributed by atoms with Crippen LogP contribution in [0.4, 0.5) is 5.82 Å². The van der Waals surface area contributed by atoms with Crippen molar-refractivity contribution in [3.63, 3.8) is 0 Å². The molecule has 5 nitrogen and oxygen atoms in total. The minimum atomic E-state index is -0.517. The maximum absolute atomic E-state index is 11.6. The number of carbonyl (C=O) groups excluding carboxylic acids is 1. The van der Waals surface area contributed by atoms with Gasteiger partial charge in [0.2, 0.25) is 0 Å². The highest BCUT2D eigenvalue weighted by Crippen LogP contribution is 2.23. The quantitative estimate of drug-likeness (QED) is 0.665. The molecule has 2 aromatic rings. The standard InChI is InChI=1S/C13H14IN3O2/c1-3-10-16-11(13(18)19-2)12(15)17(10)9-6-4-5-8(14)7-9/h4-7H,3,15H2,1-2H3. The molecule has 0 aliphatic heterocycles. The Balaban J connectivity index is 2.62. The lowest BCUT2D eigenvalue weighted by Gasteiger charge is -2.09.